The van der Waals surface area contributed by atoms with Gasteiger partial charge in [0.2, 0.25) is 0 Å². The van der Waals surface area contributed by atoms with Crippen LogP contribution in [0.2, 0.25) is 0 Å². The Morgan fingerprint density at radius 2 is 2.00 bits per heavy atom. The fourth-order valence-corrected chi connectivity index (χ4v) is 2.59. The van der Waals surface area contributed by atoms with Crippen molar-refractivity contribution < 1.29 is 14.3 Å². The molecule has 7 heteroatoms. The lowest BCUT2D eigenvalue weighted by Gasteiger charge is -2.27. The van der Waals surface area contributed by atoms with Gasteiger partial charge in [0.25, 0.3) is 5.91 Å². The van der Waals surface area contributed by atoms with Crippen LogP contribution in [0.1, 0.15) is 17.5 Å². The molecule has 3 rings (SSSR count). The smallest absolute Gasteiger partial charge is 0.318 e. The van der Waals surface area contributed by atoms with Crippen LogP contribution in [0.5, 0.6) is 0 Å². The van der Waals surface area contributed by atoms with E-state index in [-0.39, 0.29) is 6.42 Å². The molecule has 7 nitrogen and oxygen atoms in total. The molecule has 0 saturated carbocycles. The first kappa shape index (κ1) is 15.9. The molecule has 1 atom stereocenters. The van der Waals surface area contributed by atoms with Crippen LogP contribution in [-0.2, 0) is 21.4 Å². The van der Waals surface area contributed by atoms with Gasteiger partial charge in [-0.05, 0) is 12.5 Å². The Kier molecular flexibility index (Phi) is 4.16. The van der Waals surface area contributed by atoms with E-state index in [4.69, 9.17) is 4.74 Å². The van der Waals surface area contributed by atoms with Gasteiger partial charge in [-0.3, -0.25) is 14.3 Å². The number of carbonyl (C=O) groups excluding carboxylic acids is 2. The van der Waals surface area contributed by atoms with Gasteiger partial charge >= 0.3 is 5.97 Å². The second kappa shape index (κ2) is 6.27. The molecule has 0 aliphatic carbocycles. The van der Waals surface area contributed by atoms with E-state index in [0.717, 1.165) is 11.1 Å². The Bertz CT molecular complexity index is 807. The molecule has 1 unspecified atom stereocenters. The highest BCUT2D eigenvalue weighted by molar-refractivity contribution is 6.15. The van der Waals surface area contributed by atoms with Crippen molar-refractivity contribution in [2.75, 3.05) is 12.1 Å². The number of nitrogens with zero attached hydrogens (tertiary/aromatic N) is 4. The summed E-state index contributed by atoms with van der Waals surface area (Å²) >= 11 is 0. The summed E-state index contributed by atoms with van der Waals surface area (Å²) in [6.07, 6.45) is 3.42. The molecule has 1 aliphatic rings. The van der Waals surface area contributed by atoms with Gasteiger partial charge in [-0.2, -0.15) is 15.2 Å². The van der Waals surface area contributed by atoms with Gasteiger partial charge < -0.3 is 4.74 Å². The van der Waals surface area contributed by atoms with Crippen LogP contribution in [0, 0.1) is 12.8 Å². The Labute approximate surface area is 139 Å². The molecule has 0 fully saturated rings. The lowest BCUT2D eigenvalue weighted by atomic mass is 9.94. The largest absolute Gasteiger partial charge is 0.468 e. The number of benzene rings is 1. The van der Waals surface area contributed by atoms with Crippen molar-refractivity contribution in [3.8, 4) is 0 Å². The average molecular weight is 326 g/mol. The molecule has 1 aromatic carbocycles. The highest BCUT2D eigenvalue weighted by atomic mass is 16.5. The molecule has 2 aromatic rings. The normalized spacial score (nSPS) is 17.6. The maximum atomic E-state index is 12.6. The van der Waals surface area contributed by atoms with E-state index in [1.807, 2.05) is 31.2 Å². The Morgan fingerprint density at radius 1 is 1.29 bits per heavy atom. The van der Waals surface area contributed by atoms with E-state index >= 15 is 0 Å². The van der Waals surface area contributed by atoms with Gasteiger partial charge in [0.15, 0.2) is 0 Å². The minimum absolute atomic E-state index is 0.214. The summed E-state index contributed by atoms with van der Waals surface area (Å²) in [5, 5.41) is 9.75. The average Bonchev–Trinajstić information content (AvgIpc) is 3.01. The zero-order chi connectivity index (χ0) is 17.3. The number of ether oxygens (including phenoxy) is 1. The first-order chi connectivity index (χ1) is 11.5. The SMILES string of the molecule is COC(=O)C1CC(c2ccc(C)cc2)=NN(c2cnn(C)c2)C1=O. The minimum atomic E-state index is -0.913. The lowest BCUT2D eigenvalue weighted by molar-refractivity contribution is -0.149. The zero-order valence-electron chi connectivity index (χ0n) is 13.8. The zero-order valence-corrected chi connectivity index (χ0v) is 13.8. The lowest BCUT2D eigenvalue weighted by Crippen LogP contribution is -2.42. The minimum Gasteiger partial charge on any atom is -0.468 e. The van der Waals surface area contributed by atoms with Crippen LogP contribution in [0.3, 0.4) is 0 Å². The number of aromatic nitrogens is 2. The van der Waals surface area contributed by atoms with Crippen LogP contribution in [-0.4, -0.2) is 34.5 Å². The molecule has 124 valence electrons. The molecule has 0 radical (unpaired) electrons. The number of hydrogen-bond donors (Lipinski definition) is 0. The summed E-state index contributed by atoms with van der Waals surface area (Å²) in [6, 6.07) is 7.80. The molecule has 0 spiro atoms. The molecular weight excluding hydrogens is 308 g/mol. The van der Waals surface area contributed by atoms with E-state index < -0.39 is 17.8 Å². The third-order valence-corrected chi connectivity index (χ3v) is 3.93. The van der Waals surface area contributed by atoms with Crippen molar-refractivity contribution in [2.24, 2.45) is 18.1 Å². The van der Waals surface area contributed by atoms with Crippen molar-refractivity contribution in [2.45, 2.75) is 13.3 Å². The molecule has 0 N–H and O–H groups in total. The summed E-state index contributed by atoms with van der Waals surface area (Å²) < 4.78 is 6.37. The first-order valence-corrected chi connectivity index (χ1v) is 7.54. The second-order valence-electron chi connectivity index (χ2n) is 5.71. The number of rotatable bonds is 3. The van der Waals surface area contributed by atoms with Crippen molar-refractivity contribution in [1.82, 2.24) is 9.78 Å². The number of aryl methyl sites for hydroxylation is 2. The molecule has 24 heavy (non-hydrogen) atoms. The monoisotopic (exact) mass is 326 g/mol. The van der Waals surface area contributed by atoms with Gasteiger partial charge in [-0.15, -0.1) is 0 Å². The molecule has 0 bridgehead atoms. The van der Waals surface area contributed by atoms with Gasteiger partial charge in [-0.1, -0.05) is 29.8 Å². The Hall–Kier alpha value is -2.96. The molecule has 2 heterocycles. The molecule has 1 amide bonds. The molecule has 0 saturated heterocycles. The number of carbonyl (C=O) groups is 2. The number of esters is 1. The summed E-state index contributed by atoms with van der Waals surface area (Å²) in [7, 11) is 3.03. The van der Waals surface area contributed by atoms with E-state index in [1.54, 1.807) is 17.9 Å². The molecule has 1 aliphatic heterocycles. The van der Waals surface area contributed by atoms with E-state index in [9.17, 15) is 9.59 Å². The van der Waals surface area contributed by atoms with Crippen LogP contribution in [0.25, 0.3) is 0 Å². The summed E-state index contributed by atoms with van der Waals surface area (Å²) in [6.45, 7) is 2.00. The summed E-state index contributed by atoms with van der Waals surface area (Å²) in [5.74, 6) is -1.89. The van der Waals surface area contributed by atoms with E-state index in [2.05, 4.69) is 10.2 Å². The number of amides is 1. The third kappa shape index (κ3) is 2.92. The quantitative estimate of drug-likeness (QED) is 0.635. The van der Waals surface area contributed by atoms with Gasteiger partial charge in [-0.25, -0.2) is 0 Å². The van der Waals surface area contributed by atoms with Crippen LogP contribution in [0.15, 0.2) is 41.8 Å². The van der Waals surface area contributed by atoms with Crippen molar-refractivity contribution in [1.29, 1.82) is 0 Å². The fraction of sp³-hybridized carbons (Fsp3) is 0.294. The predicted octanol–water partition coefficient (Wildman–Crippen LogP) is 1.66. The molecule has 1 aromatic heterocycles. The topological polar surface area (TPSA) is 76.8 Å². The highest BCUT2D eigenvalue weighted by Crippen LogP contribution is 2.26. The number of methoxy groups -OCH3 is 1. The highest BCUT2D eigenvalue weighted by Gasteiger charge is 2.38. The van der Waals surface area contributed by atoms with Crippen molar-refractivity contribution in [3.63, 3.8) is 0 Å². The summed E-state index contributed by atoms with van der Waals surface area (Å²) in [5.41, 5.74) is 3.17. The fourth-order valence-electron chi connectivity index (χ4n) is 2.59. The van der Waals surface area contributed by atoms with Gasteiger partial charge in [0.1, 0.15) is 11.6 Å². The standard InChI is InChI=1S/C17H18N4O3/c1-11-4-6-12(7-5-11)15-8-14(17(23)24-3)16(22)21(19-15)13-9-18-20(2)10-13/h4-7,9-10,14H,8H2,1-3H3. The second-order valence-corrected chi connectivity index (χ2v) is 5.71. The number of hydrazone groups is 1. The first-order valence-electron chi connectivity index (χ1n) is 7.54. The number of hydrogen-bond acceptors (Lipinski definition) is 5. The molecular formula is C17H18N4O3. The maximum Gasteiger partial charge on any atom is 0.318 e. The Morgan fingerprint density at radius 3 is 2.58 bits per heavy atom. The van der Waals surface area contributed by atoms with Gasteiger partial charge in [0.05, 0.1) is 25.2 Å². The van der Waals surface area contributed by atoms with Crippen LogP contribution < -0.4 is 5.01 Å². The summed E-state index contributed by atoms with van der Waals surface area (Å²) in [4.78, 5) is 24.7. The van der Waals surface area contributed by atoms with Gasteiger partial charge in [0, 0.05) is 13.5 Å². The Balaban J connectivity index is 2.04. The van der Waals surface area contributed by atoms with E-state index in [1.165, 1.54) is 18.3 Å². The number of anilines is 1. The van der Waals surface area contributed by atoms with Crippen LogP contribution in [0.4, 0.5) is 5.69 Å². The maximum absolute atomic E-state index is 12.6. The third-order valence-electron chi connectivity index (χ3n) is 3.93. The predicted molar refractivity (Wildman–Crippen MR) is 88.5 cm³/mol. The van der Waals surface area contributed by atoms with Crippen molar-refractivity contribution in [3.05, 3.63) is 47.8 Å². The van der Waals surface area contributed by atoms with Crippen molar-refractivity contribution >= 4 is 23.3 Å². The van der Waals surface area contributed by atoms with Crippen LogP contribution >= 0.6 is 0 Å². The van der Waals surface area contributed by atoms with E-state index in [0.29, 0.717) is 11.4 Å².